The molecular weight excluding hydrogens is 184 g/mol. The van der Waals surface area contributed by atoms with Gasteiger partial charge in [0.1, 0.15) is 0 Å². The van der Waals surface area contributed by atoms with Crippen molar-refractivity contribution in [2.45, 2.75) is 58.8 Å². The van der Waals surface area contributed by atoms with Gasteiger partial charge in [-0.1, -0.05) is 33.1 Å². The molecule has 0 aromatic carbocycles. The Morgan fingerprint density at radius 1 is 0.733 bits per heavy atom. The minimum absolute atomic E-state index is 0.844. The Kier molecular flexibility index (Phi) is 11.9. The van der Waals surface area contributed by atoms with Crippen molar-refractivity contribution in [3.63, 3.8) is 0 Å². The molecule has 2 heteroatoms. The van der Waals surface area contributed by atoms with Gasteiger partial charge in [-0.25, -0.2) is 0 Å². The van der Waals surface area contributed by atoms with Crippen LogP contribution in [0.5, 0.6) is 0 Å². The van der Waals surface area contributed by atoms with Crippen LogP contribution in [0, 0.1) is 0 Å². The van der Waals surface area contributed by atoms with Crippen LogP contribution in [-0.4, -0.2) is 31.1 Å². The van der Waals surface area contributed by atoms with E-state index in [2.05, 4.69) is 18.7 Å². The third-order valence-corrected chi connectivity index (χ3v) is 2.83. The fourth-order valence-corrected chi connectivity index (χ4v) is 1.78. The van der Waals surface area contributed by atoms with Crippen molar-refractivity contribution < 1.29 is 0 Å². The summed E-state index contributed by atoms with van der Waals surface area (Å²) >= 11 is 0. The fourth-order valence-electron chi connectivity index (χ4n) is 1.78. The quantitative estimate of drug-likeness (QED) is 0.536. The molecule has 0 fully saturated rings. The Balaban J connectivity index is 3.53. The third-order valence-electron chi connectivity index (χ3n) is 2.83. The molecular formula is C13H30N2. The summed E-state index contributed by atoms with van der Waals surface area (Å²) in [5, 5.41) is 0. The van der Waals surface area contributed by atoms with E-state index in [4.69, 9.17) is 5.73 Å². The van der Waals surface area contributed by atoms with Gasteiger partial charge < -0.3 is 10.6 Å². The van der Waals surface area contributed by atoms with Crippen LogP contribution < -0.4 is 5.73 Å². The molecule has 0 aliphatic heterocycles. The largest absolute Gasteiger partial charge is 0.330 e. The summed E-state index contributed by atoms with van der Waals surface area (Å²) in [7, 11) is 0. The molecule has 92 valence electrons. The van der Waals surface area contributed by atoms with Crippen LogP contribution in [0.3, 0.4) is 0 Å². The van der Waals surface area contributed by atoms with E-state index in [1.165, 1.54) is 64.6 Å². The molecule has 0 spiro atoms. The molecule has 0 rings (SSSR count). The van der Waals surface area contributed by atoms with Gasteiger partial charge in [0.2, 0.25) is 0 Å². The molecule has 0 amide bonds. The molecule has 2 nitrogen and oxygen atoms in total. The third kappa shape index (κ3) is 10.2. The lowest BCUT2D eigenvalue weighted by Crippen LogP contribution is -2.27. The van der Waals surface area contributed by atoms with Crippen LogP contribution in [0.4, 0.5) is 0 Å². The molecule has 0 unspecified atom stereocenters. The highest BCUT2D eigenvalue weighted by Gasteiger charge is 2.02. The Labute approximate surface area is 96.2 Å². The van der Waals surface area contributed by atoms with Gasteiger partial charge >= 0.3 is 0 Å². The second kappa shape index (κ2) is 12.0. The fraction of sp³-hybridized carbons (Fsp3) is 1.00. The number of rotatable bonds is 11. The minimum Gasteiger partial charge on any atom is -0.330 e. The van der Waals surface area contributed by atoms with E-state index in [1.807, 2.05) is 0 Å². The Morgan fingerprint density at radius 2 is 1.27 bits per heavy atom. The SMILES string of the molecule is CCCCCN(CCCC)CCCCN. The lowest BCUT2D eigenvalue weighted by molar-refractivity contribution is 0.259. The molecule has 0 heterocycles. The average molecular weight is 214 g/mol. The summed E-state index contributed by atoms with van der Waals surface area (Å²) in [6.45, 7) is 9.20. The number of nitrogens with zero attached hydrogens (tertiary/aromatic N) is 1. The average Bonchev–Trinajstić information content (AvgIpc) is 2.25. The predicted molar refractivity (Wildman–Crippen MR) is 69.2 cm³/mol. The van der Waals surface area contributed by atoms with Gasteiger partial charge in [0, 0.05) is 0 Å². The maximum atomic E-state index is 5.52. The van der Waals surface area contributed by atoms with E-state index in [0.717, 1.165) is 6.54 Å². The summed E-state index contributed by atoms with van der Waals surface area (Å²) < 4.78 is 0. The van der Waals surface area contributed by atoms with Gasteiger partial charge in [-0.05, 0) is 51.9 Å². The smallest absolute Gasteiger partial charge is 0.00183 e. The molecule has 15 heavy (non-hydrogen) atoms. The zero-order chi connectivity index (χ0) is 11.4. The van der Waals surface area contributed by atoms with Gasteiger partial charge in [0.25, 0.3) is 0 Å². The molecule has 2 N–H and O–H groups in total. The second-order valence-electron chi connectivity index (χ2n) is 4.40. The van der Waals surface area contributed by atoms with E-state index < -0.39 is 0 Å². The van der Waals surface area contributed by atoms with E-state index >= 15 is 0 Å². The van der Waals surface area contributed by atoms with Crippen molar-refractivity contribution in [1.29, 1.82) is 0 Å². The molecule has 0 saturated carbocycles. The lowest BCUT2D eigenvalue weighted by atomic mass is 10.2. The number of nitrogens with two attached hydrogens (primary N) is 1. The number of hydrogen-bond donors (Lipinski definition) is 1. The first kappa shape index (κ1) is 14.9. The molecule has 0 aliphatic carbocycles. The molecule has 0 bridgehead atoms. The Bertz CT molecular complexity index is 105. The van der Waals surface area contributed by atoms with Crippen LogP contribution in [0.1, 0.15) is 58.8 Å². The van der Waals surface area contributed by atoms with E-state index in [-0.39, 0.29) is 0 Å². The summed E-state index contributed by atoms with van der Waals surface area (Å²) in [5.41, 5.74) is 5.52. The minimum atomic E-state index is 0.844. The van der Waals surface area contributed by atoms with Crippen LogP contribution in [0.15, 0.2) is 0 Å². The van der Waals surface area contributed by atoms with Crippen molar-refractivity contribution >= 4 is 0 Å². The van der Waals surface area contributed by atoms with Gasteiger partial charge in [0.05, 0.1) is 0 Å². The van der Waals surface area contributed by atoms with Crippen molar-refractivity contribution in [2.24, 2.45) is 5.73 Å². The van der Waals surface area contributed by atoms with Crippen LogP contribution >= 0.6 is 0 Å². The monoisotopic (exact) mass is 214 g/mol. The highest BCUT2D eigenvalue weighted by atomic mass is 15.1. The highest BCUT2D eigenvalue weighted by molar-refractivity contribution is 4.58. The van der Waals surface area contributed by atoms with E-state index in [1.54, 1.807) is 0 Å². The maximum Gasteiger partial charge on any atom is -0.00183 e. The van der Waals surface area contributed by atoms with Gasteiger partial charge in [-0.15, -0.1) is 0 Å². The first-order valence-electron chi connectivity index (χ1n) is 6.77. The Morgan fingerprint density at radius 3 is 1.80 bits per heavy atom. The van der Waals surface area contributed by atoms with E-state index in [9.17, 15) is 0 Å². The lowest BCUT2D eigenvalue weighted by Gasteiger charge is -2.21. The van der Waals surface area contributed by atoms with Crippen molar-refractivity contribution in [2.75, 3.05) is 26.2 Å². The topological polar surface area (TPSA) is 29.3 Å². The second-order valence-corrected chi connectivity index (χ2v) is 4.40. The number of unbranched alkanes of at least 4 members (excludes halogenated alkanes) is 4. The van der Waals surface area contributed by atoms with Crippen molar-refractivity contribution in [3.05, 3.63) is 0 Å². The maximum absolute atomic E-state index is 5.52. The summed E-state index contributed by atoms with van der Waals surface area (Å²) in [5.74, 6) is 0. The van der Waals surface area contributed by atoms with Crippen LogP contribution in [0.25, 0.3) is 0 Å². The normalized spacial score (nSPS) is 11.2. The predicted octanol–water partition coefficient (Wildman–Crippen LogP) is 3.02. The van der Waals surface area contributed by atoms with E-state index in [0.29, 0.717) is 0 Å². The molecule has 0 aliphatic rings. The van der Waals surface area contributed by atoms with Gasteiger partial charge in [-0.3, -0.25) is 0 Å². The molecule has 0 aromatic heterocycles. The molecule has 0 aromatic rings. The summed E-state index contributed by atoms with van der Waals surface area (Å²) in [4.78, 5) is 2.62. The van der Waals surface area contributed by atoms with Crippen LogP contribution in [-0.2, 0) is 0 Å². The Hall–Kier alpha value is -0.0800. The zero-order valence-corrected chi connectivity index (χ0v) is 10.8. The van der Waals surface area contributed by atoms with Crippen molar-refractivity contribution in [1.82, 2.24) is 4.90 Å². The van der Waals surface area contributed by atoms with Gasteiger partial charge in [0.15, 0.2) is 0 Å². The standard InChI is InChI=1S/C13H30N2/c1-3-5-8-12-15(11-6-4-2)13-9-7-10-14/h3-14H2,1-2H3. The molecule has 0 saturated heterocycles. The zero-order valence-electron chi connectivity index (χ0n) is 10.8. The highest BCUT2D eigenvalue weighted by Crippen LogP contribution is 2.03. The summed E-state index contributed by atoms with van der Waals surface area (Å²) in [6.07, 6.45) is 9.16. The van der Waals surface area contributed by atoms with Crippen LogP contribution in [0.2, 0.25) is 0 Å². The first-order chi connectivity index (χ1) is 7.35. The van der Waals surface area contributed by atoms with Crippen molar-refractivity contribution in [3.8, 4) is 0 Å². The summed E-state index contributed by atoms with van der Waals surface area (Å²) in [6, 6.07) is 0. The number of hydrogen-bond acceptors (Lipinski definition) is 2. The van der Waals surface area contributed by atoms with Gasteiger partial charge in [-0.2, -0.15) is 0 Å². The molecule has 0 atom stereocenters. The molecule has 0 radical (unpaired) electrons. The first-order valence-corrected chi connectivity index (χ1v) is 6.77.